The number of hydrogen-bond acceptors (Lipinski definition) is 8. The van der Waals surface area contributed by atoms with Gasteiger partial charge in [-0.2, -0.15) is 0 Å². The molecule has 0 aromatic carbocycles. The molecule has 0 aliphatic carbocycles. The molecule has 1 saturated heterocycles. The van der Waals surface area contributed by atoms with Crippen molar-refractivity contribution in [3.05, 3.63) is 11.2 Å². The van der Waals surface area contributed by atoms with Crippen LogP contribution in [0.25, 0.3) is 0 Å². The number of amides is 1. The second kappa shape index (κ2) is 9.48. The minimum atomic E-state index is -1.53. The lowest BCUT2D eigenvalue weighted by Crippen LogP contribution is -2.47. The van der Waals surface area contributed by atoms with E-state index in [-0.39, 0.29) is 17.0 Å². The van der Waals surface area contributed by atoms with E-state index in [1.165, 1.54) is 20.4 Å². The Morgan fingerprint density at radius 1 is 1.36 bits per heavy atom. The summed E-state index contributed by atoms with van der Waals surface area (Å²) in [5.74, 6) is -0.228. The monoisotopic (exact) mass is 378 g/mol. The van der Waals surface area contributed by atoms with Crippen LogP contribution in [0.15, 0.2) is 11.2 Å². The van der Waals surface area contributed by atoms with Gasteiger partial charge < -0.3 is 35.1 Å². The fourth-order valence-corrected chi connectivity index (χ4v) is 3.72. The predicted octanol–water partition coefficient (Wildman–Crippen LogP) is 0.0711. The van der Waals surface area contributed by atoms with Gasteiger partial charge in [0.1, 0.15) is 5.60 Å². The first kappa shape index (κ1) is 21.8. The minimum absolute atomic E-state index is 0.200. The van der Waals surface area contributed by atoms with E-state index in [9.17, 15) is 9.35 Å². The zero-order valence-corrected chi connectivity index (χ0v) is 16.5. The first-order chi connectivity index (χ1) is 11.6. The van der Waals surface area contributed by atoms with Crippen LogP contribution in [0.3, 0.4) is 0 Å². The van der Waals surface area contributed by atoms with Gasteiger partial charge in [0.25, 0.3) is 5.03 Å². The van der Waals surface area contributed by atoms with Crippen molar-refractivity contribution in [3.8, 4) is 0 Å². The Bertz CT molecular complexity index is 467. The molecular weight excluding hydrogens is 348 g/mol. The van der Waals surface area contributed by atoms with E-state index in [1.807, 2.05) is 0 Å². The topological polar surface area (TPSA) is 121 Å². The molecule has 10 heteroatoms. The number of nitrogens with two attached hydrogens (primary N) is 1. The molecule has 1 rings (SSSR count). The fraction of sp³-hybridized carbons (Fsp3) is 0.800. The van der Waals surface area contributed by atoms with Crippen molar-refractivity contribution in [2.45, 2.75) is 38.7 Å². The number of carbonyl (C=O) groups excluding carboxylic acids is 1. The van der Waals surface area contributed by atoms with Crippen LogP contribution in [0.1, 0.15) is 20.8 Å². The van der Waals surface area contributed by atoms with Gasteiger partial charge in [-0.3, -0.25) is 0 Å². The quantitative estimate of drug-likeness (QED) is 0.420. The van der Waals surface area contributed by atoms with Crippen LogP contribution in [0.2, 0.25) is 0 Å². The summed E-state index contributed by atoms with van der Waals surface area (Å²) in [5, 5.41) is 5.77. The summed E-state index contributed by atoms with van der Waals surface area (Å²) in [6.45, 7) is 6.08. The number of ether oxygens (including phenoxy) is 3. The fourth-order valence-electron chi connectivity index (χ4n) is 2.60. The van der Waals surface area contributed by atoms with Gasteiger partial charge in [0.2, 0.25) is 0 Å². The Morgan fingerprint density at radius 3 is 2.44 bits per heavy atom. The van der Waals surface area contributed by atoms with E-state index in [1.54, 1.807) is 32.1 Å². The zero-order chi connectivity index (χ0) is 19.2. The average molecular weight is 378 g/mol. The van der Waals surface area contributed by atoms with Crippen molar-refractivity contribution in [1.29, 1.82) is 0 Å². The highest BCUT2D eigenvalue weighted by Gasteiger charge is 2.45. The summed E-state index contributed by atoms with van der Waals surface area (Å²) in [6, 6.07) is -0.355. The van der Waals surface area contributed by atoms with Crippen LogP contribution in [0.4, 0.5) is 4.79 Å². The first-order valence-corrected chi connectivity index (χ1v) is 9.08. The van der Waals surface area contributed by atoms with Gasteiger partial charge in [-0.1, -0.05) is 0 Å². The predicted molar refractivity (Wildman–Crippen MR) is 95.5 cm³/mol. The third-order valence-electron chi connectivity index (χ3n) is 3.57. The van der Waals surface area contributed by atoms with E-state index in [4.69, 9.17) is 19.9 Å². The van der Waals surface area contributed by atoms with Gasteiger partial charge >= 0.3 is 6.09 Å². The zero-order valence-electron chi connectivity index (χ0n) is 15.7. The van der Waals surface area contributed by atoms with Gasteiger partial charge in [0.15, 0.2) is 6.29 Å². The number of hydrogen-bond donors (Lipinski definition) is 3. The Kier molecular flexibility index (Phi) is 8.29. The first-order valence-electron chi connectivity index (χ1n) is 7.97. The molecule has 1 fully saturated rings. The molecule has 0 aromatic rings. The maximum atomic E-state index is 12.5. The number of nitrogens with one attached hydrogen (secondary N) is 2. The Morgan fingerprint density at radius 2 is 1.96 bits per heavy atom. The average Bonchev–Trinajstić information content (AvgIpc) is 2.89. The van der Waals surface area contributed by atoms with E-state index in [0.29, 0.717) is 13.1 Å². The molecule has 0 aromatic heterocycles. The Hall–Kier alpha value is -1.20. The van der Waals surface area contributed by atoms with E-state index < -0.39 is 29.3 Å². The van der Waals surface area contributed by atoms with Crippen molar-refractivity contribution in [1.82, 2.24) is 14.9 Å². The van der Waals surface area contributed by atoms with Crippen molar-refractivity contribution in [2.75, 3.05) is 34.4 Å². The second-order valence-corrected chi connectivity index (χ2v) is 8.17. The summed E-state index contributed by atoms with van der Waals surface area (Å²) in [4.78, 5) is 12.1. The van der Waals surface area contributed by atoms with E-state index in [0.717, 1.165) is 0 Å². The molecule has 1 aliphatic rings. The highest BCUT2D eigenvalue weighted by molar-refractivity contribution is 7.92. The van der Waals surface area contributed by atoms with Crippen molar-refractivity contribution in [2.24, 2.45) is 11.7 Å². The summed E-state index contributed by atoms with van der Waals surface area (Å²) in [6.07, 6.45) is 0.375. The lowest BCUT2D eigenvalue weighted by molar-refractivity contribution is -0.137. The summed E-state index contributed by atoms with van der Waals surface area (Å²) in [7, 11) is 4.72. The number of rotatable bonds is 7. The Labute approximate surface area is 152 Å². The third kappa shape index (κ3) is 6.55. The number of nitrogens with zero attached hydrogens (tertiary/aromatic N) is 1. The van der Waals surface area contributed by atoms with Crippen LogP contribution in [0, 0.1) is 5.92 Å². The lowest BCUT2D eigenvalue weighted by Gasteiger charge is -2.27. The van der Waals surface area contributed by atoms with Gasteiger partial charge in [-0.25, -0.2) is 4.79 Å². The molecule has 1 aliphatic heterocycles. The lowest BCUT2D eigenvalue weighted by atomic mass is 10.0. The second-order valence-electron chi connectivity index (χ2n) is 6.69. The molecule has 0 saturated carbocycles. The summed E-state index contributed by atoms with van der Waals surface area (Å²) < 4.78 is 30.2. The SMILES string of the molecule is CN/C=C(\N)[S+]([O-])N1C[C@@H](NC(=O)OC(C)(C)C)[C@H](C(OC)OC)C1. The number of carbonyl (C=O) groups is 1. The molecule has 146 valence electrons. The van der Waals surface area contributed by atoms with Gasteiger partial charge in [-0.05, 0) is 20.8 Å². The van der Waals surface area contributed by atoms with Crippen molar-refractivity contribution >= 4 is 17.5 Å². The van der Waals surface area contributed by atoms with Gasteiger partial charge in [0, 0.05) is 27.2 Å². The third-order valence-corrected chi connectivity index (χ3v) is 4.86. The Balaban J connectivity index is 2.87. The standard InChI is InChI=1S/C15H30N4O5S/c1-15(2,3)24-14(20)18-11-9-19(25(21)12(16)7-17-4)8-10(11)13(22-5)23-6/h7,10-11,13,17H,8-9,16H2,1-6H3,(H,18,20)/b12-7+/t10-,11-,25?/m1/s1. The van der Waals surface area contributed by atoms with Crippen LogP contribution < -0.4 is 16.4 Å². The normalized spacial score (nSPS) is 23.6. The summed E-state index contributed by atoms with van der Waals surface area (Å²) >= 11 is -1.53. The van der Waals surface area contributed by atoms with E-state index in [2.05, 4.69) is 10.6 Å². The maximum absolute atomic E-state index is 12.5. The molecular formula is C15H30N4O5S. The molecule has 4 N–H and O–H groups in total. The van der Waals surface area contributed by atoms with E-state index >= 15 is 0 Å². The minimum Gasteiger partial charge on any atom is -0.592 e. The molecule has 3 atom stereocenters. The van der Waals surface area contributed by atoms with Crippen molar-refractivity contribution in [3.63, 3.8) is 0 Å². The molecule has 9 nitrogen and oxygen atoms in total. The molecule has 0 spiro atoms. The van der Waals surface area contributed by atoms with Crippen LogP contribution in [0.5, 0.6) is 0 Å². The summed E-state index contributed by atoms with van der Waals surface area (Å²) in [5.41, 5.74) is 5.20. The molecule has 1 amide bonds. The van der Waals surface area contributed by atoms with Gasteiger partial charge in [-0.15, -0.1) is 4.31 Å². The molecule has 0 bridgehead atoms. The van der Waals surface area contributed by atoms with Crippen LogP contribution in [-0.4, -0.2) is 67.2 Å². The number of alkyl carbamates (subject to hydrolysis) is 1. The van der Waals surface area contributed by atoms with Crippen LogP contribution >= 0.6 is 0 Å². The molecule has 1 unspecified atom stereocenters. The smallest absolute Gasteiger partial charge is 0.407 e. The van der Waals surface area contributed by atoms with Gasteiger partial charge in [0.05, 0.1) is 36.7 Å². The molecule has 0 radical (unpaired) electrons. The van der Waals surface area contributed by atoms with Crippen LogP contribution in [-0.2, 0) is 25.6 Å². The molecule has 1 heterocycles. The highest BCUT2D eigenvalue weighted by atomic mass is 32.2. The largest absolute Gasteiger partial charge is 0.592 e. The highest BCUT2D eigenvalue weighted by Crippen LogP contribution is 2.27. The number of methoxy groups -OCH3 is 2. The maximum Gasteiger partial charge on any atom is 0.407 e. The van der Waals surface area contributed by atoms with Crippen molar-refractivity contribution < 1.29 is 23.6 Å². The molecule has 25 heavy (non-hydrogen) atoms.